The van der Waals surface area contributed by atoms with Crippen molar-refractivity contribution in [3.05, 3.63) is 65.5 Å². The molecule has 0 spiro atoms. The maximum Gasteiger partial charge on any atom is 0.247 e. The van der Waals surface area contributed by atoms with Crippen LogP contribution in [0.15, 0.2) is 57.3 Å². The van der Waals surface area contributed by atoms with Crippen molar-refractivity contribution < 1.29 is 4.42 Å². The number of rotatable bonds is 6. The molecule has 2 aromatic heterocycles. The van der Waals surface area contributed by atoms with Gasteiger partial charge in [0, 0.05) is 11.3 Å². The Morgan fingerprint density at radius 3 is 2.63 bits per heavy atom. The van der Waals surface area contributed by atoms with Gasteiger partial charge in [-0.15, -0.1) is 20.4 Å². The summed E-state index contributed by atoms with van der Waals surface area (Å²) in [6.45, 7) is 4.19. The molecular formula is C19H17N5OS2. The average molecular weight is 396 g/mol. The smallest absolute Gasteiger partial charge is 0.247 e. The zero-order valence-corrected chi connectivity index (χ0v) is 16.5. The first-order valence-corrected chi connectivity index (χ1v) is 10.2. The summed E-state index contributed by atoms with van der Waals surface area (Å²) in [4.78, 5) is 0. The molecule has 2 aromatic carbocycles. The molecule has 0 unspecified atom stereocenters. The van der Waals surface area contributed by atoms with Crippen LogP contribution in [0.25, 0.3) is 11.5 Å². The zero-order valence-electron chi connectivity index (χ0n) is 14.8. The minimum absolute atomic E-state index is 0.528. The molecule has 27 heavy (non-hydrogen) atoms. The Balaban J connectivity index is 1.37. The Morgan fingerprint density at radius 1 is 0.963 bits per heavy atom. The Morgan fingerprint density at radius 2 is 1.81 bits per heavy atom. The van der Waals surface area contributed by atoms with Crippen LogP contribution in [0.2, 0.25) is 0 Å². The molecule has 0 amide bonds. The molecule has 0 aliphatic carbocycles. The van der Waals surface area contributed by atoms with E-state index in [-0.39, 0.29) is 0 Å². The fourth-order valence-corrected chi connectivity index (χ4v) is 4.00. The lowest BCUT2D eigenvalue weighted by Crippen LogP contribution is -1.91. The number of aromatic nitrogens is 4. The predicted octanol–water partition coefficient (Wildman–Crippen LogP) is 5.24. The molecule has 0 fully saturated rings. The van der Waals surface area contributed by atoms with Crippen LogP contribution in [0.3, 0.4) is 0 Å². The topological polar surface area (TPSA) is 76.7 Å². The van der Waals surface area contributed by atoms with E-state index in [0.717, 1.165) is 20.7 Å². The third-order valence-corrected chi connectivity index (χ3v) is 5.93. The number of hydrogen-bond donors (Lipinski definition) is 1. The molecule has 136 valence electrons. The van der Waals surface area contributed by atoms with Gasteiger partial charge in [-0.1, -0.05) is 47.4 Å². The zero-order chi connectivity index (χ0) is 18.6. The molecule has 0 saturated heterocycles. The fourth-order valence-electron chi connectivity index (χ4n) is 2.39. The molecule has 2 heterocycles. The molecule has 0 radical (unpaired) electrons. The van der Waals surface area contributed by atoms with E-state index in [0.29, 0.717) is 17.5 Å². The number of nitrogens with zero attached hydrogens (tertiary/aromatic N) is 4. The van der Waals surface area contributed by atoms with Gasteiger partial charge in [-0.3, -0.25) is 0 Å². The van der Waals surface area contributed by atoms with E-state index in [1.807, 2.05) is 36.4 Å². The highest BCUT2D eigenvalue weighted by atomic mass is 32.2. The van der Waals surface area contributed by atoms with Crippen molar-refractivity contribution >= 4 is 33.9 Å². The molecular weight excluding hydrogens is 378 g/mol. The van der Waals surface area contributed by atoms with Crippen molar-refractivity contribution in [3.8, 4) is 11.5 Å². The molecule has 8 heteroatoms. The van der Waals surface area contributed by atoms with Crippen LogP contribution in [0.5, 0.6) is 0 Å². The minimum atomic E-state index is 0.528. The second kappa shape index (κ2) is 7.89. The van der Waals surface area contributed by atoms with E-state index in [4.69, 9.17) is 4.42 Å². The molecule has 0 atom stereocenters. The Labute approximate surface area is 165 Å². The van der Waals surface area contributed by atoms with Gasteiger partial charge in [0.2, 0.25) is 16.9 Å². The van der Waals surface area contributed by atoms with Crippen LogP contribution in [0.1, 0.15) is 17.0 Å². The van der Waals surface area contributed by atoms with Gasteiger partial charge in [0.1, 0.15) is 0 Å². The second-order valence-electron chi connectivity index (χ2n) is 5.95. The van der Waals surface area contributed by atoms with Crippen molar-refractivity contribution in [1.29, 1.82) is 0 Å². The largest absolute Gasteiger partial charge is 0.420 e. The van der Waals surface area contributed by atoms with E-state index in [2.05, 4.69) is 51.7 Å². The normalized spacial score (nSPS) is 10.9. The van der Waals surface area contributed by atoms with Gasteiger partial charge < -0.3 is 9.73 Å². The lowest BCUT2D eigenvalue weighted by Gasteiger charge is -2.05. The first-order chi connectivity index (χ1) is 13.2. The van der Waals surface area contributed by atoms with E-state index < -0.39 is 0 Å². The molecule has 0 saturated carbocycles. The van der Waals surface area contributed by atoms with Gasteiger partial charge in [-0.2, -0.15) is 0 Å². The Kier molecular flexibility index (Phi) is 5.17. The molecule has 4 aromatic rings. The highest BCUT2D eigenvalue weighted by molar-refractivity contribution is 8.00. The van der Waals surface area contributed by atoms with E-state index in [1.54, 1.807) is 0 Å². The number of anilines is 2. The first-order valence-electron chi connectivity index (χ1n) is 8.36. The maximum absolute atomic E-state index is 5.72. The van der Waals surface area contributed by atoms with Crippen molar-refractivity contribution in [2.75, 3.05) is 5.32 Å². The van der Waals surface area contributed by atoms with E-state index in [9.17, 15) is 0 Å². The first kappa shape index (κ1) is 17.7. The standard InChI is InChI=1S/C19H17N5OS2/c1-12-8-9-15(10-13(12)2)20-18-23-24-19(27-18)26-11-16-21-22-17(25-16)14-6-4-3-5-7-14/h3-10H,11H2,1-2H3,(H,20,23). The van der Waals surface area contributed by atoms with E-state index >= 15 is 0 Å². The van der Waals surface area contributed by atoms with Crippen LogP contribution in [-0.4, -0.2) is 20.4 Å². The van der Waals surface area contributed by atoms with Crippen molar-refractivity contribution in [2.45, 2.75) is 23.9 Å². The molecule has 0 aliphatic rings. The summed E-state index contributed by atoms with van der Waals surface area (Å²) in [5.41, 5.74) is 4.43. The highest BCUT2D eigenvalue weighted by Gasteiger charge is 2.11. The van der Waals surface area contributed by atoms with Gasteiger partial charge >= 0.3 is 0 Å². The SMILES string of the molecule is Cc1ccc(Nc2nnc(SCc3nnc(-c4ccccc4)o3)s2)cc1C. The fraction of sp³-hybridized carbons (Fsp3) is 0.158. The van der Waals surface area contributed by atoms with E-state index in [1.165, 1.54) is 34.2 Å². The summed E-state index contributed by atoms with van der Waals surface area (Å²) in [5.74, 6) is 1.65. The van der Waals surface area contributed by atoms with Crippen molar-refractivity contribution in [2.24, 2.45) is 0 Å². The number of aryl methyl sites for hydroxylation is 2. The summed E-state index contributed by atoms with van der Waals surface area (Å²) in [6.07, 6.45) is 0. The third kappa shape index (κ3) is 4.35. The summed E-state index contributed by atoms with van der Waals surface area (Å²) in [6, 6.07) is 16.0. The minimum Gasteiger partial charge on any atom is -0.420 e. The van der Waals surface area contributed by atoms with Crippen LogP contribution in [0.4, 0.5) is 10.8 Å². The summed E-state index contributed by atoms with van der Waals surface area (Å²) >= 11 is 3.03. The van der Waals surface area contributed by atoms with Gasteiger partial charge in [0.15, 0.2) is 4.34 Å². The quantitative estimate of drug-likeness (QED) is 0.447. The van der Waals surface area contributed by atoms with Crippen LogP contribution >= 0.6 is 23.1 Å². The predicted molar refractivity (Wildman–Crippen MR) is 108 cm³/mol. The molecule has 4 rings (SSSR count). The van der Waals surface area contributed by atoms with Gasteiger partial charge in [0.05, 0.1) is 5.75 Å². The van der Waals surface area contributed by atoms with Crippen LogP contribution in [0, 0.1) is 13.8 Å². The van der Waals surface area contributed by atoms with Crippen molar-refractivity contribution in [3.63, 3.8) is 0 Å². The Bertz CT molecular complexity index is 1050. The van der Waals surface area contributed by atoms with Crippen LogP contribution < -0.4 is 5.32 Å². The van der Waals surface area contributed by atoms with Crippen molar-refractivity contribution in [1.82, 2.24) is 20.4 Å². The molecule has 6 nitrogen and oxygen atoms in total. The lowest BCUT2D eigenvalue weighted by molar-refractivity contribution is 0.528. The third-order valence-electron chi connectivity index (χ3n) is 3.97. The number of benzene rings is 2. The van der Waals surface area contributed by atoms with Gasteiger partial charge in [0.25, 0.3) is 0 Å². The number of hydrogen-bond acceptors (Lipinski definition) is 8. The summed E-state index contributed by atoms with van der Waals surface area (Å²) < 4.78 is 6.56. The average Bonchev–Trinajstić information content (AvgIpc) is 3.33. The molecule has 0 bridgehead atoms. The highest BCUT2D eigenvalue weighted by Crippen LogP contribution is 2.30. The van der Waals surface area contributed by atoms with Crippen LogP contribution in [-0.2, 0) is 5.75 Å². The number of nitrogens with one attached hydrogen (secondary N) is 1. The summed E-state index contributed by atoms with van der Waals surface area (Å²) in [5, 5.41) is 20.7. The summed E-state index contributed by atoms with van der Waals surface area (Å²) in [7, 11) is 0. The second-order valence-corrected chi connectivity index (χ2v) is 8.15. The maximum atomic E-state index is 5.72. The Hall–Kier alpha value is -2.71. The monoisotopic (exact) mass is 395 g/mol. The number of thioether (sulfide) groups is 1. The molecule has 0 aliphatic heterocycles. The molecule has 1 N–H and O–H groups in total. The van der Waals surface area contributed by atoms with Gasteiger partial charge in [-0.25, -0.2) is 0 Å². The lowest BCUT2D eigenvalue weighted by atomic mass is 10.1. The van der Waals surface area contributed by atoms with Gasteiger partial charge in [-0.05, 0) is 49.2 Å².